The van der Waals surface area contributed by atoms with Gasteiger partial charge in [0.25, 0.3) is 0 Å². The van der Waals surface area contributed by atoms with Gasteiger partial charge in [0, 0.05) is 10.0 Å². The van der Waals surface area contributed by atoms with E-state index in [0.29, 0.717) is 15.6 Å². The summed E-state index contributed by atoms with van der Waals surface area (Å²) in [5.74, 6) is -0.906. The van der Waals surface area contributed by atoms with Crippen LogP contribution >= 0.6 is 15.9 Å². The monoisotopic (exact) mass is 364 g/mol. The fourth-order valence-corrected chi connectivity index (χ4v) is 2.66. The molecule has 0 aromatic heterocycles. The number of hydrogen-bond donors (Lipinski definition) is 0. The molecule has 0 spiro atoms. The van der Waals surface area contributed by atoms with Gasteiger partial charge in [0.15, 0.2) is 0 Å². The minimum Gasteiger partial charge on any atom is -0.475 e. The second kappa shape index (κ2) is 5.71. The van der Waals surface area contributed by atoms with E-state index in [9.17, 15) is 18.0 Å². The Balaban J connectivity index is 2.55. The van der Waals surface area contributed by atoms with Gasteiger partial charge in [0.1, 0.15) is 5.75 Å². The number of alkyl halides is 3. The number of carbonyl (C=O) groups is 1. The van der Waals surface area contributed by atoms with E-state index in [1.54, 1.807) is 19.1 Å². The molecule has 0 amide bonds. The van der Waals surface area contributed by atoms with Gasteiger partial charge in [-0.15, -0.1) is 0 Å². The molecule has 7 heteroatoms. The molecule has 21 heavy (non-hydrogen) atoms. The third-order valence-corrected chi connectivity index (χ3v) is 3.36. The highest BCUT2D eigenvalue weighted by Gasteiger charge is 2.49. The highest BCUT2D eigenvalue weighted by Crippen LogP contribution is 2.40. The van der Waals surface area contributed by atoms with Crippen LogP contribution in [0.1, 0.15) is 18.1 Å². The molecule has 0 radical (unpaired) electrons. The Labute approximate surface area is 127 Å². The highest BCUT2D eigenvalue weighted by atomic mass is 79.9. The van der Waals surface area contributed by atoms with E-state index in [0.717, 1.165) is 0 Å². The van der Waals surface area contributed by atoms with E-state index in [1.807, 2.05) is 0 Å². The van der Waals surface area contributed by atoms with E-state index in [-0.39, 0.29) is 12.4 Å². The molecule has 1 aromatic carbocycles. The Morgan fingerprint density at radius 1 is 1.43 bits per heavy atom. The van der Waals surface area contributed by atoms with Gasteiger partial charge in [-0.2, -0.15) is 13.2 Å². The predicted molar refractivity (Wildman–Crippen MR) is 74.0 cm³/mol. The minimum atomic E-state index is -4.70. The van der Waals surface area contributed by atoms with Crippen LogP contribution in [0.2, 0.25) is 0 Å². The summed E-state index contributed by atoms with van der Waals surface area (Å²) in [6.07, 6.45) is -5.84. The largest absolute Gasteiger partial charge is 0.475 e. The smallest absolute Gasteiger partial charge is 0.430 e. The average molecular weight is 365 g/mol. The zero-order valence-corrected chi connectivity index (χ0v) is 12.8. The van der Waals surface area contributed by atoms with Gasteiger partial charge in [0.2, 0.25) is 6.10 Å². The molecule has 0 bridgehead atoms. The summed E-state index contributed by atoms with van der Waals surface area (Å²) in [6, 6.07) is 3.24. The van der Waals surface area contributed by atoms with Gasteiger partial charge in [-0.3, -0.25) is 0 Å². The topological polar surface area (TPSA) is 35.5 Å². The predicted octanol–water partition coefficient (Wildman–Crippen LogP) is 4.03. The lowest BCUT2D eigenvalue weighted by atomic mass is 9.99. The molecule has 1 atom stereocenters. The van der Waals surface area contributed by atoms with Crippen molar-refractivity contribution in [3.63, 3.8) is 0 Å². The van der Waals surface area contributed by atoms with E-state index in [4.69, 9.17) is 4.74 Å². The molecule has 114 valence electrons. The molecule has 0 fully saturated rings. The molecule has 1 heterocycles. The van der Waals surface area contributed by atoms with Crippen LogP contribution in [0.25, 0.3) is 6.08 Å². The van der Waals surface area contributed by atoms with E-state index in [2.05, 4.69) is 20.7 Å². The molecule has 3 nitrogen and oxygen atoms in total. The zero-order valence-electron chi connectivity index (χ0n) is 11.3. The van der Waals surface area contributed by atoms with Crippen LogP contribution in [0, 0.1) is 6.92 Å². The lowest BCUT2D eigenvalue weighted by Crippen LogP contribution is -2.41. The first-order valence-corrected chi connectivity index (χ1v) is 6.95. The highest BCUT2D eigenvalue weighted by molar-refractivity contribution is 9.10. The van der Waals surface area contributed by atoms with Gasteiger partial charge in [0.05, 0.1) is 12.2 Å². The van der Waals surface area contributed by atoms with Crippen molar-refractivity contribution in [1.29, 1.82) is 0 Å². The molecule has 0 saturated heterocycles. The molecule has 0 saturated carbocycles. The van der Waals surface area contributed by atoms with Crippen molar-refractivity contribution in [2.75, 3.05) is 6.61 Å². The summed E-state index contributed by atoms with van der Waals surface area (Å²) in [6.45, 7) is 3.16. The second-order valence-electron chi connectivity index (χ2n) is 4.50. The number of fused-ring (bicyclic) bond motifs is 1. The fourth-order valence-electron chi connectivity index (χ4n) is 2.07. The Morgan fingerprint density at radius 3 is 2.67 bits per heavy atom. The molecule has 1 aromatic rings. The van der Waals surface area contributed by atoms with E-state index in [1.165, 1.54) is 13.0 Å². The Kier molecular flexibility index (Phi) is 4.32. The number of hydrogen-bond acceptors (Lipinski definition) is 3. The van der Waals surface area contributed by atoms with Crippen molar-refractivity contribution in [2.45, 2.75) is 26.1 Å². The number of halogens is 4. The van der Waals surface area contributed by atoms with Crippen LogP contribution in [0.4, 0.5) is 13.2 Å². The van der Waals surface area contributed by atoms with Gasteiger partial charge in [-0.05, 0) is 37.6 Å². The zero-order chi connectivity index (χ0) is 15.8. The number of carbonyl (C=O) groups excluding carboxylic acids is 1. The molecular weight excluding hydrogens is 353 g/mol. The van der Waals surface area contributed by atoms with Crippen LogP contribution in [0.3, 0.4) is 0 Å². The van der Waals surface area contributed by atoms with Crippen LogP contribution in [0.5, 0.6) is 5.75 Å². The van der Waals surface area contributed by atoms with E-state index < -0.39 is 23.8 Å². The summed E-state index contributed by atoms with van der Waals surface area (Å²) in [4.78, 5) is 11.8. The van der Waals surface area contributed by atoms with Crippen LogP contribution < -0.4 is 4.74 Å². The number of aryl methyl sites for hydroxylation is 1. The van der Waals surface area contributed by atoms with Crippen molar-refractivity contribution in [2.24, 2.45) is 0 Å². The van der Waals surface area contributed by atoms with Crippen LogP contribution in [-0.4, -0.2) is 24.9 Å². The first-order valence-electron chi connectivity index (χ1n) is 6.16. The molecular formula is C14H12BrF3O3. The molecule has 0 aliphatic carbocycles. The number of esters is 1. The summed E-state index contributed by atoms with van der Waals surface area (Å²) in [5.41, 5.74) is 0.410. The first-order chi connectivity index (χ1) is 9.74. The molecule has 1 aliphatic heterocycles. The number of ether oxygens (including phenoxy) is 2. The maximum absolute atomic E-state index is 13.1. The van der Waals surface area contributed by atoms with Crippen molar-refractivity contribution in [3.8, 4) is 5.75 Å². The summed E-state index contributed by atoms with van der Waals surface area (Å²) in [7, 11) is 0. The molecule has 0 unspecified atom stereocenters. The summed E-state index contributed by atoms with van der Waals surface area (Å²) < 4.78 is 49.8. The van der Waals surface area contributed by atoms with Gasteiger partial charge in [-0.1, -0.05) is 15.9 Å². The van der Waals surface area contributed by atoms with Crippen molar-refractivity contribution >= 4 is 28.0 Å². The summed E-state index contributed by atoms with van der Waals surface area (Å²) >= 11 is 3.26. The first kappa shape index (κ1) is 15.9. The van der Waals surface area contributed by atoms with Crippen LogP contribution in [0.15, 0.2) is 22.2 Å². The van der Waals surface area contributed by atoms with Crippen molar-refractivity contribution < 1.29 is 27.4 Å². The molecule has 1 aliphatic rings. The third-order valence-electron chi connectivity index (χ3n) is 2.91. The van der Waals surface area contributed by atoms with E-state index >= 15 is 0 Å². The quantitative estimate of drug-likeness (QED) is 0.743. The standard InChI is InChI=1S/C14H12BrF3O3/c1-3-20-13(19)10-6-8-5-9(15)4-7(2)11(8)21-12(10)14(16,17)18/h4-6,12H,3H2,1-2H3/t12-/m0/s1. The number of benzene rings is 1. The lowest BCUT2D eigenvalue weighted by Gasteiger charge is -2.28. The Morgan fingerprint density at radius 2 is 2.10 bits per heavy atom. The maximum atomic E-state index is 13.1. The SMILES string of the molecule is CCOC(=O)C1=Cc2cc(Br)cc(C)c2O[C@@H]1C(F)(F)F. The fraction of sp³-hybridized carbons (Fsp3) is 0.357. The minimum absolute atomic E-state index is 0.00881. The van der Waals surface area contributed by atoms with Crippen molar-refractivity contribution in [1.82, 2.24) is 0 Å². The second-order valence-corrected chi connectivity index (χ2v) is 5.42. The Hall–Kier alpha value is -1.50. The van der Waals surface area contributed by atoms with Gasteiger partial charge in [-0.25, -0.2) is 4.79 Å². The van der Waals surface area contributed by atoms with Crippen LogP contribution in [-0.2, 0) is 9.53 Å². The van der Waals surface area contributed by atoms with Gasteiger partial charge >= 0.3 is 12.1 Å². The summed E-state index contributed by atoms with van der Waals surface area (Å²) in [5, 5.41) is 0. The van der Waals surface area contributed by atoms with Gasteiger partial charge < -0.3 is 9.47 Å². The van der Waals surface area contributed by atoms with Crippen molar-refractivity contribution in [3.05, 3.63) is 33.3 Å². The maximum Gasteiger partial charge on any atom is 0.430 e. The molecule has 0 N–H and O–H groups in total. The number of rotatable bonds is 2. The lowest BCUT2D eigenvalue weighted by molar-refractivity contribution is -0.188. The average Bonchev–Trinajstić information content (AvgIpc) is 2.36. The Bertz CT molecular complexity index is 608. The normalized spacial score (nSPS) is 17.6. The third kappa shape index (κ3) is 3.23. The molecule has 2 rings (SSSR count).